The lowest BCUT2D eigenvalue weighted by atomic mass is 10.2. The first-order chi connectivity index (χ1) is 11.7. The van der Waals surface area contributed by atoms with Crippen molar-refractivity contribution in [2.45, 2.75) is 12.4 Å². The summed E-state index contributed by atoms with van der Waals surface area (Å²) in [7, 11) is 0. The van der Waals surface area contributed by atoms with Crippen LogP contribution in [0.15, 0.2) is 77.4 Å². The fourth-order valence-electron chi connectivity index (χ4n) is 1.82. The zero-order valence-corrected chi connectivity index (χ0v) is 12.6. The van der Waals surface area contributed by atoms with E-state index in [2.05, 4.69) is 4.99 Å². The molecule has 2 aromatic rings. The van der Waals surface area contributed by atoms with Gasteiger partial charge in [0.2, 0.25) is 0 Å². The number of anilines is 1. The predicted octanol–water partition coefficient (Wildman–Crippen LogP) is 5.88. The number of nitrogens with one attached hydrogen (secondary N) is 1. The van der Waals surface area contributed by atoms with E-state index in [1.807, 2.05) is 5.32 Å². The van der Waals surface area contributed by atoms with E-state index >= 15 is 0 Å². The lowest BCUT2D eigenvalue weighted by molar-refractivity contribution is -0.0904. The summed E-state index contributed by atoms with van der Waals surface area (Å²) in [6.07, 6.45) is -10.1. The fraction of sp³-hybridized carbons (Fsp3) is 0.118. The number of para-hydroxylation sites is 2. The normalized spacial score (nSPS) is 13.7. The number of aliphatic imine (C=N–C) groups is 1. The summed E-state index contributed by atoms with van der Waals surface area (Å²) < 4.78 is 78.8. The molecule has 0 saturated heterocycles. The summed E-state index contributed by atoms with van der Waals surface area (Å²) in [4.78, 5) is 3.30. The third-order valence-corrected chi connectivity index (χ3v) is 2.94. The molecule has 25 heavy (non-hydrogen) atoms. The maximum atomic E-state index is 13.1. The van der Waals surface area contributed by atoms with E-state index in [0.29, 0.717) is 0 Å². The number of benzene rings is 2. The minimum Gasteiger partial charge on any atom is -0.351 e. The van der Waals surface area contributed by atoms with Gasteiger partial charge in [-0.15, -0.1) is 0 Å². The van der Waals surface area contributed by atoms with Crippen molar-refractivity contribution in [1.29, 1.82) is 0 Å². The van der Waals surface area contributed by atoms with Crippen molar-refractivity contribution in [3.63, 3.8) is 0 Å². The Labute approximate surface area is 139 Å². The van der Waals surface area contributed by atoms with Gasteiger partial charge in [0, 0.05) is 5.69 Å². The van der Waals surface area contributed by atoms with E-state index < -0.39 is 23.8 Å². The Balaban J connectivity index is 2.47. The summed E-state index contributed by atoms with van der Waals surface area (Å²) in [6.45, 7) is 0. The van der Waals surface area contributed by atoms with Crippen LogP contribution in [0.2, 0.25) is 0 Å². The molecule has 0 radical (unpaired) electrons. The molecule has 0 atom stereocenters. The number of hydrogen-bond acceptors (Lipinski definition) is 2. The Hall–Kier alpha value is -2.77. The highest BCUT2D eigenvalue weighted by molar-refractivity contribution is 6.02. The van der Waals surface area contributed by atoms with Crippen LogP contribution < -0.4 is 5.32 Å². The Kier molecular flexibility index (Phi) is 5.51. The molecule has 0 heterocycles. The van der Waals surface area contributed by atoms with Gasteiger partial charge in [-0.25, -0.2) is 4.99 Å². The first kappa shape index (κ1) is 18.6. The van der Waals surface area contributed by atoms with Crippen LogP contribution in [0.4, 0.5) is 37.7 Å². The Morgan fingerprint density at radius 2 is 1.28 bits per heavy atom. The standard InChI is InChI=1S/C17H12F6N2/c18-16(19,20)14(24-12-7-3-1-4-8-12)11-15(17(21,22)23)25-13-9-5-2-6-10-13/h1-11,24H. The van der Waals surface area contributed by atoms with Crippen LogP contribution in [-0.4, -0.2) is 18.1 Å². The van der Waals surface area contributed by atoms with E-state index in [1.165, 1.54) is 48.5 Å². The average Bonchev–Trinajstić information content (AvgIpc) is 2.53. The molecule has 132 valence electrons. The predicted molar refractivity (Wildman–Crippen MR) is 83.8 cm³/mol. The fourth-order valence-corrected chi connectivity index (χ4v) is 1.82. The molecule has 2 rings (SSSR count). The summed E-state index contributed by atoms with van der Waals surface area (Å²) in [6, 6.07) is 14.0. The molecule has 1 N–H and O–H groups in total. The highest BCUT2D eigenvalue weighted by atomic mass is 19.4. The van der Waals surface area contributed by atoms with Gasteiger partial charge in [0.05, 0.1) is 5.69 Å². The lowest BCUT2D eigenvalue weighted by Crippen LogP contribution is -2.26. The van der Waals surface area contributed by atoms with Gasteiger partial charge in [0.1, 0.15) is 11.4 Å². The number of rotatable bonds is 4. The lowest BCUT2D eigenvalue weighted by Gasteiger charge is -2.16. The van der Waals surface area contributed by atoms with E-state index in [0.717, 1.165) is 0 Å². The third kappa shape index (κ3) is 5.66. The Morgan fingerprint density at radius 3 is 1.76 bits per heavy atom. The second kappa shape index (κ2) is 7.42. The number of nitrogens with zero attached hydrogens (tertiary/aromatic N) is 1. The maximum absolute atomic E-state index is 13.1. The molecular formula is C17H12F6N2. The van der Waals surface area contributed by atoms with Crippen molar-refractivity contribution in [2.24, 2.45) is 4.99 Å². The number of allylic oxidation sites excluding steroid dienone is 2. The summed E-state index contributed by atoms with van der Waals surface area (Å²) >= 11 is 0. The highest BCUT2D eigenvalue weighted by Gasteiger charge is 2.40. The van der Waals surface area contributed by atoms with E-state index in [1.54, 1.807) is 12.1 Å². The van der Waals surface area contributed by atoms with Gasteiger partial charge < -0.3 is 5.32 Å². The molecule has 0 bridgehead atoms. The zero-order valence-electron chi connectivity index (χ0n) is 12.6. The second-order valence-electron chi connectivity index (χ2n) is 4.88. The molecule has 0 spiro atoms. The van der Waals surface area contributed by atoms with Crippen LogP contribution in [0.25, 0.3) is 0 Å². The summed E-state index contributed by atoms with van der Waals surface area (Å²) in [5.41, 5.74) is -3.32. The van der Waals surface area contributed by atoms with Crippen LogP contribution in [0.5, 0.6) is 0 Å². The molecular weight excluding hydrogens is 346 g/mol. The van der Waals surface area contributed by atoms with Crippen LogP contribution in [0.3, 0.4) is 0 Å². The van der Waals surface area contributed by atoms with Crippen molar-refractivity contribution in [2.75, 3.05) is 5.32 Å². The van der Waals surface area contributed by atoms with Crippen LogP contribution in [-0.2, 0) is 0 Å². The molecule has 0 aliphatic heterocycles. The molecule has 0 saturated carbocycles. The zero-order chi connectivity index (χ0) is 18.5. The van der Waals surface area contributed by atoms with Gasteiger partial charge in [0.25, 0.3) is 0 Å². The van der Waals surface area contributed by atoms with Crippen molar-refractivity contribution < 1.29 is 26.3 Å². The molecule has 8 heteroatoms. The first-order valence-electron chi connectivity index (χ1n) is 6.98. The summed E-state index contributed by atoms with van der Waals surface area (Å²) in [5.74, 6) is 0. The van der Waals surface area contributed by atoms with Gasteiger partial charge >= 0.3 is 12.4 Å². The maximum Gasteiger partial charge on any atom is 0.433 e. The van der Waals surface area contributed by atoms with Gasteiger partial charge in [-0.05, 0) is 30.3 Å². The van der Waals surface area contributed by atoms with E-state index in [-0.39, 0.29) is 17.5 Å². The largest absolute Gasteiger partial charge is 0.433 e. The van der Waals surface area contributed by atoms with Crippen LogP contribution >= 0.6 is 0 Å². The summed E-state index contributed by atoms with van der Waals surface area (Å²) in [5, 5.41) is 1.96. The second-order valence-corrected chi connectivity index (χ2v) is 4.88. The van der Waals surface area contributed by atoms with Crippen LogP contribution in [0.1, 0.15) is 0 Å². The number of alkyl halides is 6. The molecule has 0 aliphatic carbocycles. The molecule has 2 aromatic carbocycles. The van der Waals surface area contributed by atoms with Crippen molar-refractivity contribution in [3.8, 4) is 0 Å². The van der Waals surface area contributed by atoms with Crippen LogP contribution in [0, 0.1) is 0 Å². The van der Waals surface area contributed by atoms with Crippen molar-refractivity contribution in [1.82, 2.24) is 0 Å². The Morgan fingerprint density at radius 1 is 0.760 bits per heavy atom. The average molecular weight is 358 g/mol. The van der Waals surface area contributed by atoms with E-state index in [9.17, 15) is 26.3 Å². The molecule has 0 unspecified atom stereocenters. The third-order valence-electron chi connectivity index (χ3n) is 2.94. The smallest absolute Gasteiger partial charge is 0.351 e. The monoisotopic (exact) mass is 358 g/mol. The van der Waals surface area contributed by atoms with Crippen molar-refractivity contribution >= 4 is 17.1 Å². The molecule has 0 aliphatic rings. The minimum absolute atomic E-state index is 0.00677. The van der Waals surface area contributed by atoms with Crippen molar-refractivity contribution in [3.05, 3.63) is 72.4 Å². The SMILES string of the molecule is FC(F)(F)C(=CC(=Nc1ccccc1)C(F)(F)F)Nc1ccccc1. The number of hydrogen-bond donors (Lipinski definition) is 1. The molecule has 2 nitrogen and oxygen atoms in total. The molecule has 0 amide bonds. The van der Waals surface area contributed by atoms with Gasteiger partial charge in [-0.3, -0.25) is 0 Å². The quantitative estimate of drug-likeness (QED) is 0.536. The molecule has 0 fully saturated rings. The van der Waals surface area contributed by atoms with Gasteiger partial charge in [-0.1, -0.05) is 36.4 Å². The topological polar surface area (TPSA) is 24.4 Å². The van der Waals surface area contributed by atoms with Gasteiger partial charge in [-0.2, -0.15) is 26.3 Å². The van der Waals surface area contributed by atoms with E-state index in [4.69, 9.17) is 0 Å². The van der Waals surface area contributed by atoms with Gasteiger partial charge in [0.15, 0.2) is 0 Å². The highest BCUT2D eigenvalue weighted by Crippen LogP contribution is 2.30. The number of halogens is 6. The molecule has 0 aromatic heterocycles. The minimum atomic E-state index is -5.05. The first-order valence-corrected chi connectivity index (χ1v) is 6.98. The Bertz CT molecular complexity index is 746.